The van der Waals surface area contributed by atoms with Gasteiger partial charge in [-0.25, -0.2) is 4.79 Å². The Kier molecular flexibility index (Phi) is 4.71. The number of amides is 1. The number of hydrogen-bond donors (Lipinski definition) is 1. The lowest BCUT2D eigenvalue weighted by Crippen LogP contribution is -2.48. The van der Waals surface area contributed by atoms with Crippen molar-refractivity contribution in [2.45, 2.75) is 0 Å². The second-order valence-electron chi connectivity index (χ2n) is 5.65. The zero-order valence-corrected chi connectivity index (χ0v) is 13.7. The molecule has 0 spiro atoms. The molecule has 3 rings (SSSR count). The summed E-state index contributed by atoms with van der Waals surface area (Å²) in [4.78, 5) is 27.5. The Hall–Kier alpha value is -2.53. The van der Waals surface area contributed by atoms with Gasteiger partial charge in [0.05, 0.1) is 5.56 Å². The van der Waals surface area contributed by atoms with Crippen LogP contribution in [-0.4, -0.2) is 48.1 Å². The van der Waals surface area contributed by atoms with E-state index in [0.717, 1.165) is 5.69 Å². The quantitative estimate of drug-likeness (QED) is 0.929. The van der Waals surface area contributed by atoms with E-state index in [4.69, 9.17) is 16.7 Å². The third-order valence-electron chi connectivity index (χ3n) is 4.10. The van der Waals surface area contributed by atoms with Gasteiger partial charge in [-0.1, -0.05) is 23.7 Å². The van der Waals surface area contributed by atoms with Gasteiger partial charge in [-0.05, 0) is 36.4 Å². The number of carbonyl (C=O) groups excluding carboxylic acids is 1. The van der Waals surface area contributed by atoms with E-state index >= 15 is 0 Å². The van der Waals surface area contributed by atoms with Crippen LogP contribution in [0.5, 0.6) is 0 Å². The molecule has 5 nitrogen and oxygen atoms in total. The van der Waals surface area contributed by atoms with Gasteiger partial charge in [-0.2, -0.15) is 0 Å². The first-order chi connectivity index (χ1) is 11.5. The van der Waals surface area contributed by atoms with Crippen LogP contribution >= 0.6 is 11.6 Å². The highest BCUT2D eigenvalue weighted by atomic mass is 35.5. The summed E-state index contributed by atoms with van der Waals surface area (Å²) in [5, 5.41) is 9.73. The van der Waals surface area contributed by atoms with Crippen molar-refractivity contribution in [1.29, 1.82) is 0 Å². The zero-order valence-electron chi connectivity index (χ0n) is 13.0. The molecular weight excluding hydrogens is 328 g/mol. The van der Waals surface area contributed by atoms with Crippen molar-refractivity contribution in [3.8, 4) is 0 Å². The molecule has 6 heteroatoms. The van der Waals surface area contributed by atoms with Crippen molar-refractivity contribution in [3.05, 3.63) is 64.7 Å². The molecule has 24 heavy (non-hydrogen) atoms. The van der Waals surface area contributed by atoms with E-state index in [-0.39, 0.29) is 11.5 Å². The summed E-state index contributed by atoms with van der Waals surface area (Å²) in [6.07, 6.45) is 0. The standard InChI is InChI=1S/C18H17ClN2O3/c19-15-5-2-6-16(12-15)20-7-9-21(10-8-20)17(22)13-3-1-4-14(11-13)18(23)24/h1-6,11-12H,7-10H2,(H,23,24). The molecule has 0 unspecified atom stereocenters. The van der Waals surface area contributed by atoms with Crippen LogP contribution in [0.3, 0.4) is 0 Å². The first kappa shape index (κ1) is 16.3. The minimum absolute atomic E-state index is 0.124. The van der Waals surface area contributed by atoms with Gasteiger partial charge in [0.25, 0.3) is 5.91 Å². The molecule has 0 aromatic heterocycles. The SMILES string of the molecule is O=C(O)c1cccc(C(=O)N2CCN(c3cccc(Cl)c3)CC2)c1. The van der Waals surface area contributed by atoms with Crippen LogP contribution in [0.2, 0.25) is 5.02 Å². The summed E-state index contributed by atoms with van der Waals surface area (Å²) in [7, 11) is 0. The van der Waals surface area contributed by atoms with E-state index in [9.17, 15) is 9.59 Å². The highest BCUT2D eigenvalue weighted by Crippen LogP contribution is 2.21. The second-order valence-corrected chi connectivity index (χ2v) is 6.08. The molecule has 0 atom stereocenters. The van der Waals surface area contributed by atoms with Gasteiger partial charge < -0.3 is 14.9 Å². The van der Waals surface area contributed by atoms with Gasteiger partial charge in [-0.3, -0.25) is 4.79 Å². The Balaban J connectivity index is 1.67. The first-order valence-corrected chi connectivity index (χ1v) is 8.05. The molecular formula is C18H17ClN2O3. The monoisotopic (exact) mass is 344 g/mol. The maximum atomic E-state index is 12.6. The normalized spacial score (nSPS) is 14.5. The molecule has 0 bridgehead atoms. The minimum atomic E-state index is -1.03. The van der Waals surface area contributed by atoms with Crippen molar-refractivity contribution in [1.82, 2.24) is 4.90 Å². The summed E-state index contributed by atoms with van der Waals surface area (Å²) in [5.41, 5.74) is 1.58. The molecule has 0 radical (unpaired) electrons. The average molecular weight is 345 g/mol. The molecule has 1 heterocycles. The van der Waals surface area contributed by atoms with E-state index < -0.39 is 5.97 Å². The fourth-order valence-corrected chi connectivity index (χ4v) is 2.99. The van der Waals surface area contributed by atoms with Gasteiger partial charge in [-0.15, -0.1) is 0 Å². The van der Waals surface area contributed by atoms with Gasteiger partial charge in [0.2, 0.25) is 0 Å². The van der Waals surface area contributed by atoms with Gasteiger partial charge in [0, 0.05) is 42.5 Å². The zero-order chi connectivity index (χ0) is 17.1. The van der Waals surface area contributed by atoms with E-state index in [1.165, 1.54) is 12.1 Å². The molecule has 124 valence electrons. The van der Waals surface area contributed by atoms with Gasteiger partial charge >= 0.3 is 5.97 Å². The number of hydrogen-bond acceptors (Lipinski definition) is 3. The fourth-order valence-electron chi connectivity index (χ4n) is 2.81. The van der Waals surface area contributed by atoms with Crippen molar-refractivity contribution >= 4 is 29.2 Å². The minimum Gasteiger partial charge on any atom is -0.478 e. The van der Waals surface area contributed by atoms with Crippen LogP contribution in [0.25, 0.3) is 0 Å². The molecule has 0 saturated carbocycles. The maximum Gasteiger partial charge on any atom is 0.335 e. The number of carbonyl (C=O) groups is 2. The summed E-state index contributed by atoms with van der Waals surface area (Å²) in [6, 6.07) is 13.8. The Morgan fingerprint density at radius 1 is 0.917 bits per heavy atom. The van der Waals surface area contributed by atoms with Crippen molar-refractivity contribution in [2.24, 2.45) is 0 Å². The van der Waals surface area contributed by atoms with Gasteiger partial charge in [0.1, 0.15) is 0 Å². The Morgan fingerprint density at radius 2 is 1.58 bits per heavy atom. The maximum absolute atomic E-state index is 12.6. The lowest BCUT2D eigenvalue weighted by atomic mass is 10.1. The first-order valence-electron chi connectivity index (χ1n) is 7.68. The molecule has 2 aromatic rings. The molecule has 1 aliphatic rings. The van der Waals surface area contributed by atoms with E-state index in [1.54, 1.807) is 17.0 Å². The lowest BCUT2D eigenvalue weighted by molar-refractivity contribution is 0.0697. The Bertz CT molecular complexity index is 770. The van der Waals surface area contributed by atoms with Crippen molar-refractivity contribution < 1.29 is 14.7 Å². The van der Waals surface area contributed by atoms with Crippen LogP contribution in [0.1, 0.15) is 20.7 Å². The number of nitrogens with zero attached hydrogens (tertiary/aromatic N) is 2. The molecule has 0 aliphatic carbocycles. The number of carboxylic acids is 1. The number of piperazine rings is 1. The highest BCUT2D eigenvalue weighted by Gasteiger charge is 2.23. The Labute approximate surface area is 145 Å². The summed E-state index contributed by atoms with van der Waals surface area (Å²) >= 11 is 6.02. The predicted octanol–water partition coefficient (Wildman–Crippen LogP) is 3.00. The average Bonchev–Trinajstić information content (AvgIpc) is 2.61. The number of carboxylic acid groups (broad SMARTS) is 1. The third-order valence-corrected chi connectivity index (χ3v) is 4.33. The van der Waals surface area contributed by atoms with E-state index in [0.29, 0.717) is 36.8 Å². The van der Waals surface area contributed by atoms with Crippen LogP contribution < -0.4 is 4.90 Å². The number of anilines is 1. The summed E-state index contributed by atoms with van der Waals surface area (Å²) < 4.78 is 0. The number of aromatic carboxylic acids is 1. The molecule has 1 fully saturated rings. The smallest absolute Gasteiger partial charge is 0.335 e. The molecule has 2 aromatic carbocycles. The highest BCUT2D eigenvalue weighted by molar-refractivity contribution is 6.30. The van der Waals surface area contributed by atoms with Crippen LogP contribution in [0, 0.1) is 0 Å². The predicted molar refractivity (Wildman–Crippen MR) is 93.0 cm³/mol. The number of halogens is 1. The lowest BCUT2D eigenvalue weighted by Gasteiger charge is -2.36. The number of benzene rings is 2. The Morgan fingerprint density at radius 3 is 2.25 bits per heavy atom. The molecule has 1 saturated heterocycles. The van der Waals surface area contributed by atoms with Gasteiger partial charge in [0.15, 0.2) is 0 Å². The second kappa shape index (κ2) is 6.93. The van der Waals surface area contributed by atoms with E-state index in [2.05, 4.69) is 4.90 Å². The molecule has 1 aliphatic heterocycles. The third kappa shape index (κ3) is 3.51. The fraction of sp³-hybridized carbons (Fsp3) is 0.222. The summed E-state index contributed by atoms with van der Waals surface area (Å²) in [5.74, 6) is -1.17. The van der Waals surface area contributed by atoms with E-state index in [1.807, 2.05) is 24.3 Å². The van der Waals surface area contributed by atoms with Crippen LogP contribution in [0.4, 0.5) is 5.69 Å². The van der Waals surface area contributed by atoms with Crippen molar-refractivity contribution in [3.63, 3.8) is 0 Å². The topological polar surface area (TPSA) is 60.9 Å². The van der Waals surface area contributed by atoms with Crippen LogP contribution in [-0.2, 0) is 0 Å². The summed E-state index contributed by atoms with van der Waals surface area (Å²) in [6.45, 7) is 2.60. The number of rotatable bonds is 3. The van der Waals surface area contributed by atoms with Crippen molar-refractivity contribution in [2.75, 3.05) is 31.1 Å². The molecule has 1 amide bonds. The molecule has 1 N–H and O–H groups in total. The largest absolute Gasteiger partial charge is 0.478 e. The van der Waals surface area contributed by atoms with Crippen LogP contribution in [0.15, 0.2) is 48.5 Å².